The molecule has 21 heavy (non-hydrogen) atoms. The summed E-state index contributed by atoms with van der Waals surface area (Å²) in [5, 5.41) is 11.2. The predicted molar refractivity (Wildman–Crippen MR) is 68.5 cm³/mol. The van der Waals surface area contributed by atoms with Gasteiger partial charge in [0.25, 0.3) is 0 Å². The maximum Gasteiger partial charge on any atom is 0.411 e. The van der Waals surface area contributed by atoms with Gasteiger partial charge >= 0.3 is 12.1 Å². The maximum atomic E-state index is 11.8. The molecule has 0 aromatic heterocycles. The van der Waals surface area contributed by atoms with E-state index in [9.17, 15) is 22.8 Å². The van der Waals surface area contributed by atoms with E-state index in [1.54, 1.807) is 0 Å². The number of alkyl halides is 3. The van der Waals surface area contributed by atoms with E-state index in [0.717, 1.165) is 6.07 Å². The van der Waals surface area contributed by atoms with Crippen molar-refractivity contribution in [2.45, 2.75) is 12.6 Å². The molecule has 0 fully saturated rings. The van der Waals surface area contributed by atoms with Crippen molar-refractivity contribution in [1.29, 1.82) is 0 Å². The van der Waals surface area contributed by atoms with Crippen molar-refractivity contribution in [2.24, 2.45) is 0 Å². The Bertz CT molecular complexity index is 534. The molecule has 0 radical (unpaired) electrons. The number of halogens is 4. The molecule has 0 saturated carbocycles. The average Bonchev–Trinajstić information content (AvgIpc) is 2.36. The lowest BCUT2D eigenvalue weighted by atomic mass is 10.2. The molecule has 116 valence electrons. The number of nitrogens with one attached hydrogen (secondary N) is 1. The second-order valence-electron chi connectivity index (χ2n) is 3.97. The van der Waals surface area contributed by atoms with Crippen LogP contribution >= 0.6 is 11.6 Å². The number of ether oxygens (including phenoxy) is 1. The number of carboxylic acid groups (broad SMARTS) is 1. The summed E-state index contributed by atoms with van der Waals surface area (Å²) in [7, 11) is 0. The Morgan fingerprint density at radius 3 is 2.57 bits per heavy atom. The largest absolute Gasteiger partial charge is 0.478 e. The van der Waals surface area contributed by atoms with Gasteiger partial charge in [0, 0.05) is 0 Å². The highest BCUT2D eigenvalue weighted by molar-refractivity contribution is 6.33. The Morgan fingerprint density at radius 1 is 1.33 bits per heavy atom. The highest BCUT2D eigenvalue weighted by atomic mass is 35.5. The SMILES string of the molecule is O=C(CCOCC(F)(F)F)Nc1cc(C(=O)O)ccc1Cl. The number of benzene rings is 1. The number of aromatic carboxylic acids is 1. The van der Waals surface area contributed by atoms with Gasteiger partial charge in [-0.15, -0.1) is 0 Å². The van der Waals surface area contributed by atoms with Crippen LogP contribution in [0.5, 0.6) is 0 Å². The van der Waals surface area contributed by atoms with E-state index in [-0.39, 0.29) is 22.7 Å². The van der Waals surface area contributed by atoms with Crippen molar-refractivity contribution in [3.05, 3.63) is 28.8 Å². The van der Waals surface area contributed by atoms with Crippen LogP contribution in [-0.2, 0) is 9.53 Å². The number of carbonyl (C=O) groups is 2. The lowest BCUT2D eigenvalue weighted by Gasteiger charge is -2.09. The van der Waals surface area contributed by atoms with Crippen molar-refractivity contribution in [2.75, 3.05) is 18.5 Å². The number of carboxylic acids is 1. The van der Waals surface area contributed by atoms with Gasteiger partial charge in [-0.25, -0.2) is 4.79 Å². The summed E-state index contributed by atoms with van der Waals surface area (Å²) in [4.78, 5) is 22.3. The van der Waals surface area contributed by atoms with Gasteiger partial charge in [-0.3, -0.25) is 4.79 Å². The van der Waals surface area contributed by atoms with Gasteiger partial charge in [0.1, 0.15) is 6.61 Å². The summed E-state index contributed by atoms with van der Waals surface area (Å²) in [6.45, 7) is -1.85. The molecule has 0 bridgehead atoms. The average molecular weight is 326 g/mol. The third-order valence-electron chi connectivity index (χ3n) is 2.23. The highest BCUT2D eigenvalue weighted by Gasteiger charge is 2.27. The first-order chi connectivity index (χ1) is 9.69. The molecule has 1 amide bonds. The second-order valence-corrected chi connectivity index (χ2v) is 4.37. The van der Waals surface area contributed by atoms with Crippen LogP contribution in [-0.4, -0.2) is 36.4 Å². The van der Waals surface area contributed by atoms with Gasteiger partial charge in [0.05, 0.1) is 29.3 Å². The van der Waals surface area contributed by atoms with Crippen molar-refractivity contribution < 1.29 is 32.6 Å². The van der Waals surface area contributed by atoms with E-state index in [1.807, 2.05) is 0 Å². The second kappa shape index (κ2) is 7.28. The van der Waals surface area contributed by atoms with Gasteiger partial charge in [-0.1, -0.05) is 11.6 Å². The molecule has 1 aromatic carbocycles. The fourth-order valence-corrected chi connectivity index (χ4v) is 1.48. The molecule has 0 unspecified atom stereocenters. The third kappa shape index (κ3) is 6.46. The first kappa shape index (κ1) is 17.3. The highest BCUT2D eigenvalue weighted by Crippen LogP contribution is 2.23. The molecule has 1 aromatic rings. The molecular weight excluding hydrogens is 315 g/mol. The number of hydrogen-bond acceptors (Lipinski definition) is 3. The minimum absolute atomic E-state index is 0.0670. The summed E-state index contributed by atoms with van der Waals surface area (Å²) in [5.74, 6) is -1.84. The van der Waals surface area contributed by atoms with Crippen molar-refractivity contribution in [3.63, 3.8) is 0 Å². The molecule has 2 N–H and O–H groups in total. The van der Waals surface area contributed by atoms with E-state index < -0.39 is 31.3 Å². The Hall–Kier alpha value is -1.80. The molecule has 0 spiro atoms. The van der Waals surface area contributed by atoms with E-state index in [4.69, 9.17) is 16.7 Å². The van der Waals surface area contributed by atoms with Crippen LogP contribution in [0.1, 0.15) is 16.8 Å². The lowest BCUT2D eigenvalue weighted by molar-refractivity contribution is -0.174. The molecule has 0 atom stereocenters. The molecule has 0 aliphatic heterocycles. The summed E-state index contributed by atoms with van der Waals surface area (Å²) >= 11 is 5.78. The third-order valence-corrected chi connectivity index (χ3v) is 2.56. The fourth-order valence-electron chi connectivity index (χ4n) is 1.32. The fraction of sp³-hybridized carbons (Fsp3) is 0.333. The number of amides is 1. The minimum Gasteiger partial charge on any atom is -0.478 e. The molecule has 5 nitrogen and oxygen atoms in total. The van der Waals surface area contributed by atoms with Gasteiger partial charge in [0.15, 0.2) is 0 Å². The first-order valence-corrected chi connectivity index (χ1v) is 6.04. The standard InChI is InChI=1S/C12H11ClF3NO4/c13-8-2-1-7(11(19)20)5-9(8)17-10(18)3-4-21-6-12(14,15)16/h1-2,5H,3-4,6H2,(H,17,18)(H,19,20). The Labute approximate surface area is 122 Å². The topological polar surface area (TPSA) is 75.6 Å². The van der Waals surface area contributed by atoms with Crippen LogP contribution < -0.4 is 5.32 Å². The van der Waals surface area contributed by atoms with E-state index in [0.29, 0.717) is 0 Å². The normalized spacial score (nSPS) is 11.2. The number of rotatable bonds is 6. The summed E-state index contributed by atoms with van der Waals surface area (Å²) in [6.07, 6.45) is -4.76. The Balaban J connectivity index is 2.51. The van der Waals surface area contributed by atoms with Gasteiger partial charge in [-0.05, 0) is 18.2 Å². The van der Waals surface area contributed by atoms with Crippen LogP contribution in [0.25, 0.3) is 0 Å². The summed E-state index contributed by atoms with van der Waals surface area (Å²) < 4.78 is 39.7. The zero-order valence-corrected chi connectivity index (χ0v) is 11.3. The molecule has 0 heterocycles. The summed E-state index contributed by atoms with van der Waals surface area (Å²) in [6, 6.07) is 3.70. The monoisotopic (exact) mass is 325 g/mol. The van der Waals surface area contributed by atoms with Crippen LogP contribution in [0.15, 0.2) is 18.2 Å². The van der Waals surface area contributed by atoms with E-state index in [2.05, 4.69) is 10.1 Å². The number of anilines is 1. The summed E-state index contributed by atoms with van der Waals surface area (Å²) in [5.41, 5.74) is -0.0135. The van der Waals surface area contributed by atoms with Crippen LogP contribution in [0.3, 0.4) is 0 Å². The van der Waals surface area contributed by atoms with Crippen LogP contribution in [0.4, 0.5) is 18.9 Å². The quantitative estimate of drug-likeness (QED) is 0.788. The molecule has 0 aliphatic carbocycles. The molecule has 0 aliphatic rings. The predicted octanol–water partition coefficient (Wildman–Crippen LogP) is 2.95. The molecule has 9 heteroatoms. The van der Waals surface area contributed by atoms with Crippen LogP contribution in [0.2, 0.25) is 5.02 Å². The van der Waals surface area contributed by atoms with Gasteiger partial charge in [-0.2, -0.15) is 13.2 Å². The first-order valence-electron chi connectivity index (χ1n) is 5.66. The van der Waals surface area contributed by atoms with Gasteiger partial charge in [0.2, 0.25) is 5.91 Å². The van der Waals surface area contributed by atoms with E-state index >= 15 is 0 Å². The van der Waals surface area contributed by atoms with Crippen LogP contribution in [0, 0.1) is 0 Å². The van der Waals surface area contributed by atoms with E-state index in [1.165, 1.54) is 12.1 Å². The maximum absolute atomic E-state index is 11.8. The molecular formula is C12H11ClF3NO4. The zero-order valence-electron chi connectivity index (χ0n) is 10.5. The Morgan fingerprint density at radius 2 is 2.00 bits per heavy atom. The number of hydrogen-bond donors (Lipinski definition) is 2. The van der Waals surface area contributed by atoms with Crippen molar-refractivity contribution >= 4 is 29.2 Å². The smallest absolute Gasteiger partial charge is 0.411 e. The lowest BCUT2D eigenvalue weighted by Crippen LogP contribution is -2.20. The van der Waals surface area contributed by atoms with Gasteiger partial charge < -0.3 is 15.2 Å². The molecule has 1 rings (SSSR count). The molecule has 0 saturated heterocycles. The number of carbonyl (C=O) groups excluding carboxylic acids is 1. The van der Waals surface area contributed by atoms with Crippen molar-refractivity contribution in [1.82, 2.24) is 0 Å². The van der Waals surface area contributed by atoms with Crippen molar-refractivity contribution in [3.8, 4) is 0 Å². The Kier molecular flexibility index (Phi) is 5.98. The minimum atomic E-state index is -4.45. The zero-order chi connectivity index (χ0) is 16.0.